The number of rotatable bonds is 3. The predicted octanol–water partition coefficient (Wildman–Crippen LogP) is 3.15. The van der Waals surface area contributed by atoms with Crippen molar-refractivity contribution in [1.82, 2.24) is 9.88 Å². The summed E-state index contributed by atoms with van der Waals surface area (Å²) in [5, 5.41) is 0.279. The maximum absolute atomic E-state index is 12.8. The summed E-state index contributed by atoms with van der Waals surface area (Å²) in [6.45, 7) is 0.402. The number of carbonyl (C=O) groups excluding carboxylic acids is 1. The van der Waals surface area contributed by atoms with E-state index in [0.29, 0.717) is 12.1 Å². The molecule has 0 atom stereocenters. The smallest absolute Gasteiger partial charge is 0.254 e. The molecule has 3 nitrogen and oxygen atoms in total. The molecule has 19 heavy (non-hydrogen) atoms. The fraction of sp³-hybridized carbons (Fsp3) is 0.143. The second kappa shape index (κ2) is 5.80. The van der Waals surface area contributed by atoms with Gasteiger partial charge in [-0.25, -0.2) is 9.37 Å². The van der Waals surface area contributed by atoms with Crippen molar-refractivity contribution in [3.8, 4) is 0 Å². The van der Waals surface area contributed by atoms with E-state index in [1.807, 2.05) is 0 Å². The quantitative estimate of drug-likeness (QED) is 0.808. The van der Waals surface area contributed by atoms with Crippen molar-refractivity contribution < 1.29 is 9.18 Å². The van der Waals surface area contributed by atoms with Gasteiger partial charge in [-0.3, -0.25) is 4.79 Å². The van der Waals surface area contributed by atoms with E-state index in [4.69, 9.17) is 11.6 Å². The largest absolute Gasteiger partial charge is 0.337 e. The summed E-state index contributed by atoms with van der Waals surface area (Å²) in [5.74, 6) is -0.452. The van der Waals surface area contributed by atoms with Crippen molar-refractivity contribution in [3.63, 3.8) is 0 Å². The molecule has 0 aliphatic rings. The van der Waals surface area contributed by atoms with Crippen LogP contribution in [0, 0.1) is 5.82 Å². The van der Waals surface area contributed by atoms with Crippen LogP contribution in [0.2, 0.25) is 5.15 Å². The van der Waals surface area contributed by atoms with Gasteiger partial charge in [0.15, 0.2) is 0 Å². The van der Waals surface area contributed by atoms with Crippen LogP contribution < -0.4 is 0 Å². The zero-order valence-electron chi connectivity index (χ0n) is 10.3. The molecule has 0 N–H and O–H groups in total. The molecule has 0 spiro atoms. The van der Waals surface area contributed by atoms with E-state index in [9.17, 15) is 9.18 Å². The fourth-order valence-electron chi connectivity index (χ4n) is 1.69. The first-order valence-corrected chi connectivity index (χ1v) is 6.05. The predicted molar refractivity (Wildman–Crippen MR) is 71.4 cm³/mol. The summed E-state index contributed by atoms with van der Waals surface area (Å²) in [5.41, 5.74) is 1.34. The highest BCUT2D eigenvalue weighted by molar-refractivity contribution is 6.29. The Morgan fingerprint density at radius 3 is 2.63 bits per heavy atom. The Bertz CT molecular complexity index is 586. The van der Waals surface area contributed by atoms with Gasteiger partial charge < -0.3 is 4.90 Å². The second-order valence-electron chi connectivity index (χ2n) is 4.15. The molecule has 0 bridgehead atoms. The van der Waals surface area contributed by atoms with Gasteiger partial charge >= 0.3 is 0 Å². The first kappa shape index (κ1) is 13.5. The zero-order valence-corrected chi connectivity index (χ0v) is 11.1. The first-order valence-electron chi connectivity index (χ1n) is 5.68. The molecule has 0 aliphatic heterocycles. The molecule has 0 unspecified atom stereocenters. The van der Waals surface area contributed by atoms with Crippen LogP contribution in [0.1, 0.15) is 15.9 Å². The van der Waals surface area contributed by atoms with Crippen LogP contribution in [0.25, 0.3) is 0 Å². The molecule has 2 aromatic rings. The summed E-state index contributed by atoms with van der Waals surface area (Å²) < 4.78 is 12.8. The summed E-state index contributed by atoms with van der Waals surface area (Å²) >= 11 is 5.75. The molecule has 5 heteroatoms. The van der Waals surface area contributed by atoms with E-state index in [0.717, 1.165) is 5.56 Å². The van der Waals surface area contributed by atoms with Crippen molar-refractivity contribution in [2.45, 2.75) is 6.54 Å². The van der Waals surface area contributed by atoms with Gasteiger partial charge in [0.2, 0.25) is 0 Å². The Balaban J connectivity index is 2.09. The average Bonchev–Trinajstić information content (AvgIpc) is 2.40. The van der Waals surface area contributed by atoms with Gasteiger partial charge in [-0.15, -0.1) is 0 Å². The highest BCUT2D eigenvalue weighted by Crippen LogP contribution is 2.12. The van der Waals surface area contributed by atoms with Crippen molar-refractivity contribution in [1.29, 1.82) is 0 Å². The standard InChI is InChI=1S/C14H12ClFN2O/c1-18(9-10-2-4-12(16)5-3-10)14(19)11-6-7-17-13(15)8-11/h2-8H,9H2,1H3. The SMILES string of the molecule is CN(Cc1ccc(F)cc1)C(=O)c1ccnc(Cl)c1. The Labute approximate surface area is 115 Å². The number of benzene rings is 1. The number of hydrogen-bond donors (Lipinski definition) is 0. The summed E-state index contributed by atoms with van der Waals surface area (Å²) in [6, 6.07) is 9.17. The number of halogens is 2. The van der Waals surface area contributed by atoms with Crippen LogP contribution in [0.3, 0.4) is 0 Å². The lowest BCUT2D eigenvalue weighted by Crippen LogP contribution is -2.26. The fourth-order valence-corrected chi connectivity index (χ4v) is 1.87. The van der Waals surface area contributed by atoms with Crippen LogP contribution in [0.15, 0.2) is 42.6 Å². The van der Waals surface area contributed by atoms with Crippen molar-refractivity contribution in [2.24, 2.45) is 0 Å². The van der Waals surface area contributed by atoms with E-state index in [2.05, 4.69) is 4.98 Å². The summed E-state index contributed by atoms with van der Waals surface area (Å²) in [6.07, 6.45) is 1.49. The molecule has 0 aliphatic carbocycles. The average molecular weight is 279 g/mol. The highest BCUT2D eigenvalue weighted by atomic mass is 35.5. The van der Waals surface area contributed by atoms with Gasteiger partial charge in [-0.2, -0.15) is 0 Å². The van der Waals surface area contributed by atoms with Gasteiger partial charge in [-0.1, -0.05) is 23.7 Å². The van der Waals surface area contributed by atoms with E-state index < -0.39 is 0 Å². The van der Waals surface area contributed by atoms with E-state index >= 15 is 0 Å². The second-order valence-corrected chi connectivity index (χ2v) is 4.54. The Morgan fingerprint density at radius 1 is 1.32 bits per heavy atom. The molecular formula is C14H12ClFN2O. The number of pyridine rings is 1. The molecule has 2 rings (SSSR count). The zero-order chi connectivity index (χ0) is 13.8. The van der Waals surface area contributed by atoms with Crippen LogP contribution in [0.5, 0.6) is 0 Å². The van der Waals surface area contributed by atoms with Crippen LogP contribution >= 0.6 is 11.6 Å². The van der Waals surface area contributed by atoms with Gasteiger partial charge in [0.1, 0.15) is 11.0 Å². The molecule has 98 valence electrons. The topological polar surface area (TPSA) is 33.2 Å². The highest BCUT2D eigenvalue weighted by Gasteiger charge is 2.12. The minimum absolute atomic E-state index is 0.159. The van der Waals surface area contributed by atoms with Crippen LogP contribution in [-0.2, 0) is 6.54 Å². The summed E-state index contributed by atoms with van der Waals surface area (Å²) in [7, 11) is 1.68. The molecular weight excluding hydrogens is 267 g/mol. The Morgan fingerprint density at radius 2 is 2.00 bits per heavy atom. The number of carbonyl (C=O) groups is 1. The van der Waals surface area contributed by atoms with Gasteiger partial charge in [-0.05, 0) is 29.8 Å². The normalized spacial score (nSPS) is 10.3. The lowest BCUT2D eigenvalue weighted by molar-refractivity contribution is 0.0785. The molecule has 0 saturated carbocycles. The Hall–Kier alpha value is -1.94. The molecule has 1 aromatic heterocycles. The maximum Gasteiger partial charge on any atom is 0.254 e. The molecule has 0 saturated heterocycles. The third kappa shape index (κ3) is 3.51. The first-order chi connectivity index (χ1) is 9.06. The maximum atomic E-state index is 12.8. The molecule has 1 heterocycles. The number of nitrogens with zero attached hydrogens (tertiary/aromatic N) is 2. The minimum Gasteiger partial charge on any atom is -0.337 e. The molecule has 1 amide bonds. The van der Waals surface area contributed by atoms with E-state index in [1.54, 1.807) is 30.1 Å². The minimum atomic E-state index is -0.293. The van der Waals surface area contributed by atoms with Crippen molar-refractivity contribution in [2.75, 3.05) is 7.05 Å². The number of amides is 1. The lowest BCUT2D eigenvalue weighted by atomic mass is 10.2. The molecule has 1 aromatic carbocycles. The van der Waals surface area contributed by atoms with E-state index in [-0.39, 0.29) is 16.9 Å². The Kier molecular flexibility index (Phi) is 4.12. The third-order valence-electron chi connectivity index (χ3n) is 2.65. The van der Waals surface area contributed by atoms with E-state index in [1.165, 1.54) is 24.4 Å². The molecule has 0 radical (unpaired) electrons. The van der Waals surface area contributed by atoms with Crippen LogP contribution in [0.4, 0.5) is 4.39 Å². The van der Waals surface area contributed by atoms with Crippen LogP contribution in [-0.4, -0.2) is 22.8 Å². The molecule has 0 fully saturated rings. The van der Waals surface area contributed by atoms with Gasteiger partial charge in [0, 0.05) is 25.4 Å². The van der Waals surface area contributed by atoms with Gasteiger partial charge in [0.25, 0.3) is 5.91 Å². The van der Waals surface area contributed by atoms with Crippen molar-refractivity contribution >= 4 is 17.5 Å². The van der Waals surface area contributed by atoms with Crippen molar-refractivity contribution in [3.05, 3.63) is 64.7 Å². The lowest BCUT2D eigenvalue weighted by Gasteiger charge is -2.17. The number of aromatic nitrogens is 1. The van der Waals surface area contributed by atoms with Gasteiger partial charge in [0.05, 0.1) is 0 Å². The summed E-state index contributed by atoms with van der Waals surface area (Å²) in [4.78, 5) is 17.5. The number of hydrogen-bond acceptors (Lipinski definition) is 2. The monoisotopic (exact) mass is 278 g/mol. The third-order valence-corrected chi connectivity index (χ3v) is 2.86.